The molecule has 106 valence electrons. The molecule has 1 heterocycles. The molecule has 0 aliphatic rings. The second-order valence-corrected chi connectivity index (χ2v) is 4.94. The van der Waals surface area contributed by atoms with E-state index >= 15 is 0 Å². The first-order valence-electron chi connectivity index (χ1n) is 5.75. The van der Waals surface area contributed by atoms with Crippen molar-refractivity contribution in [2.45, 2.75) is 0 Å². The summed E-state index contributed by atoms with van der Waals surface area (Å²) in [6, 6.07) is 8.92. The summed E-state index contributed by atoms with van der Waals surface area (Å²) in [5.41, 5.74) is 0.595. The number of aliphatic imine (C=N–C) groups is 1. The number of hydrogen-bond donors (Lipinski definition) is 0. The average Bonchev–Trinajstić information content (AvgIpc) is 2.93. The van der Waals surface area contributed by atoms with Crippen LogP contribution in [0.4, 0.5) is 16.4 Å². The monoisotopic (exact) mass is 303 g/mol. The molecule has 0 saturated carbocycles. The number of nitrogens with zero attached hydrogens (tertiary/aromatic N) is 3. The van der Waals surface area contributed by atoms with Gasteiger partial charge < -0.3 is 0 Å². The fourth-order valence-corrected chi connectivity index (χ4v) is 2.19. The molecule has 0 saturated heterocycles. The Hall–Kier alpha value is -2.87. The summed E-state index contributed by atoms with van der Waals surface area (Å²) in [5, 5.41) is 21.1. The van der Waals surface area contributed by atoms with Crippen LogP contribution < -0.4 is 0 Å². The van der Waals surface area contributed by atoms with Crippen molar-refractivity contribution in [3.63, 3.8) is 0 Å². The first-order chi connectivity index (χ1) is 10.1. The quantitative estimate of drug-likeness (QED) is 0.474. The number of allylic oxidation sites excluding steroid dienone is 1. The van der Waals surface area contributed by atoms with Crippen LogP contribution >= 0.6 is 11.3 Å². The number of nitro benzene ring substituents is 1. The van der Waals surface area contributed by atoms with Gasteiger partial charge in [0.2, 0.25) is 0 Å². The summed E-state index contributed by atoms with van der Waals surface area (Å²) in [7, 11) is 0. The normalized spacial score (nSPS) is 11.2. The number of non-ortho nitro benzene ring substituents is 1. The minimum Gasteiger partial charge on any atom is -0.258 e. The maximum Gasteiger partial charge on any atom is 0.324 e. The predicted molar refractivity (Wildman–Crippen MR) is 81.3 cm³/mol. The molecule has 0 bridgehead atoms. The topological polar surface area (TPSA) is 98.6 Å². The van der Waals surface area contributed by atoms with Crippen LogP contribution in [0.2, 0.25) is 0 Å². The van der Waals surface area contributed by atoms with Crippen molar-refractivity contribution in [3.8, 4) is 0 Å². The molecular formula is C13H9N3O4S. The molecule has 0 radical (unpaired) electrons. The van der Waals surface area contributed by atoms with Crippen LogP contribution in [0.25, 0.3) is 6.08 Å². The molecule has 0 amide bonds. The SMILES string of the molecule is O=[N+]([O-])c1ccc(N=CC=Cc2ccc([N+](=O)[O-])s2)cc1. The van der Waals surface area contributed by atoms with Gasteiger partial charge in [-0.25, -0.2) is 0 Å². The van der Waals surface area contributed by atoms with Crippen molar-refractivity contribution in [2.24, 2.45) is 4.99 Å². The van der Waals surface area contributed by atoms with E-state index in [1.165, 1.54) is 24.4 Å². The molecule has 1 aromatic heterocycles. The standard InChI is InChI=1S/C13H9N3O4S/c17-15(18)11-5-3-10(4-6-11)14-9-1-2-12-7-8-13(21-12)16(19)20/h1-9H. The highest BCUT2D eigenvalue weighted by atomic mass is 32.1. The number of rotatable bonds is 5. The summed E-state index contributed by atoms with van der Waals surface area (Å²) in [4.78, 5) is 24.9. The lowest BCUT2D eigenvalue weighted by Crippen LogP contribution is -1.85. The van der Waals surface area contributed by atoms with Crippen molar-refractivity contribution in [2.75, 3.05) is 0 Å². The molecule has 8 heteroatoms. The summed E-state index contributed by atoms with van der Waals surface area (Å²) in [6.45, 7) is 0. The largest absolute Gasteiger partial charge is 0.324 e. The van der Waals surface area contributed by atoms with E-state index in [9.17, 15) is 20.2 Å². The van der Waals surface area contributed by atoms with E-state index < -0.39 is 9.85 Å². The lowest BCUT2D eigenvalue weighted by Gasteiger charge is -1.92. The van der Waals surface area contributed by atoms with Gasteiger partial charge in [-0.3, -0.25) is 25.2 Å². The fourth-order valence-electron chi connectivity index (χ4n) is 1.46. The van der Waals surface area contributed by atoms with E-state index in [2.05, 4.69) is 4.99 Å². The summed E-state index contributed by atoms with van der Waals surface area (Å²) in [5.74, 6) is 0. The van der Waals surface area contributed by atoms with Gasteiger partial charge in [0.05, 0.1) is 15.5 Å². The highest BCUT2D eigenvalue weighted by molar-refractivity contribution is 7.16. The summed E-state index contributed by atoms with van der Waals surface area (Å²) >= 11 is 1.07. The lowest BCUT2D eigenvalue weighted by molar-refractivity contribution is -0.384. The molecule has 0 fully saturated rings. The molecule has 0 aliphatic carbocycles. The van der Waals surface area contributed by atoms with Gasteiger partial charge in [-0.05, 0) is 30.4 Å². The van der Waals surface area contributed by atoms with Gasteiger partial charge in [-0.1, -0.05) is 11.3 Å². The molecule has 0 unspecified atom stereocenters. The number of thiophene rings is 1. The van der Waals surface area contributed by atoms with Crippen molar-refractivity contribution in [1.82, 2.24) is 0 Å². The van der Waals surface area contributed by atoms with Crippen LogP contribution in [0, 0.1) is 20.2 Å². The Morgan fingerprint density at radius 1 is 1.00 bits per heavy atom. The Labute approximate surface area is 123 Å². The van der Waals surface area contributed by atoms with Gasteiger partial charge in [0.15, 0.2) is 0 Å². The van der Waals surface area contributed by atoms with Crippen LogP contribution in [0.3, 0.4) is 0 Å². The van der Waals surface area contributed by atoms with Gasteiger partial charge in [-0.2, -0.15) is 0 Å². The Bertz CT molecular complexity index is 719. The second kappa shape index (κ2) is 6.53. The number of nitro groups is 2. The van der Waals surface area contributed by atoms with E-state index in [4.69, 9.17) is 0 Å². The molecule has 2 aromatic rings. The molecule has 21 heavy (non-hydrogen) atoms. The third-order valence-corrected chi connectivity index (χ3v) is 3.43. The molecule has 1 aromatic carbocycles. The van der Waals surface area contributed by atoms with Gasteiger partial charge in [0.25, 0.3) is 5.69 Å². The third kappa shape index (κ3) is 4.05. The predicted octanol–water partition coefficient (Wildman–Crippen LogP) is 3.98. The zero-order chi connectivity index (χ0) is 15.2. The lowest BCUT2D eigenvalue weighted by atomic mass is 10.3. The van der Waals surface area contributed by atoms with Crippen LogP contribution in [0.5, 0.6) is 0 Å². The Morgan fingerprint density at radius 2 is 1.71 bits per heavy atom. The van der Waals surface area contributed by atoms with Gasteiger partial charge >= 0.3 is 5.00 Å². The van der Waals surface area contributed by atoms with E-state index in [1.54, 1.807) is 30.4 Å². The van der Waals surface area contributed by atoms with Gasteiger partial charge in [0, 0.05) is 29.3 Å². The van der Waals surface area contributed by atoms with Gasteiger partial charge in [-0.15, -0.1) is 0 Å². The maximum absolute atomic E-state index is 10.5. The summed E-state index contributed by atoms with van der Waals surface area (Å²) in [6.07, 6.45) is 4.87. The van der Waals surface area contributed by atoms with E-state index in [0.717, 1.165) is 16.2 Å². The van der Waals surface area contributed by atoms with Crippen LogP contribution in [-0.4, -0.2) is 16.1 Å². The molecule has 0 N–H and O–H groups in total. The highest BCUT2D eigenvalue weighted by Gasteiger charge is 2.07. The molecule has 0 aliphatic heterocycles. The summed E-state index contributed by atoms with van der Waals surface area (Å²) < 4.78 is 0. The Morgan fingerprint density at radius 3 is 2.29 bits per heavy atom. The van der Waals surface area contributed by atoms with Crippen LogP contribution in [0.15, 0.2) is 47.5 Å². The molecular weight excluding hydrogens is 294 g/mol. The minimum absolute atomic E-state index is 0.00962. The molecule has 0 spiro atoms. The first kappa shape index (κ1) is 14.5. The fraction of sp³-hybridized carbons (Fsp3) is 0. The zero-order valence-corrected chi connectivity index (χ0v) is 11.4. The number of hydrogen-bond acceptors (Lipinski definition) is 6. The maximum atomic E-state index is 10.5. The zero-order valence-electron chi connectivity index (χ0n) is 10.6. The van der Waals surface area contributed by atoms with Crippen molar-refractivity contribution in [3.05, 3.63) is 67.6 Å². The average molecular weight is 303 g/mol. The van der Waals surface area contributed by atoms with E-state index in [1.807, 2.05) is 0 Å². The number of benzene rings is 1. The smallest absolute Gasteiger partial charge is 0.258 e. The third-order valence-electron chi connectivity index (χ3n) is 2.42. The second-order valence-electron chi connectivity index (χ2n) is 3.84. The van der Waals surface area contributed by atoms with Crippen LogP contribution in [0.1, 0.15) is 4.88 Å². The van der Waals surface area contributed by atoms with Crippen molar-refractivity contribution >= 4 is 40.0 Å². The minimum atomic E-state index is -0.475. The van der Waals surface area contributed by atoms with Crippen molar-refractivity contribution < 1.29 is 9.85 Å². The molecule has 2 rings (SSSR count). The Kier molecular flexibility index (Phi) is 4.52. The van der Waals surface area contributed by atoms with Gasteiger partial charge in [0.1, 0.15) is 0 Å². The first-order valence-corrected chi connectivity index (χ1v) is 6.57. The highest BCUT2D eigenvalue weighted by Crippen LogP contribution is 2.24. The molecule has 7 nitrogen and oxygen atoms in total. The van der Waals surface area contributed by atoms with E-state index in [0.29, 0.717) is 5.69 Å². The Balaban J connectivity index is 1.99. The van der Waals surface area contributed by atoms with Crippen molar-refractivity contribution in [1.29, 1.82) is 0 Å². The molecule has 0 atom stereocenters. The van der Waals surface area contributed by atoms with E-state index in [-0.39, 0.29) is 10.7 Å². The van der Waals surface area contributed by atoms with Crippen LogP contribution in [-0.2, 0) is 0 Å².